The number of rotatable bonds is 6. The molecule has 2 aromatic rings. The molecule has 0 spiro atoms. The summed E-state index contributed by atoms with van der Waals surface area (Å²) < 4.78 is 14.6. The van der Waals surface area contributed by atoms with Gasteiger partial charge in [-0.25, -0.2) is 0 Å². The quantitative estimate of drug-likeness (QED) is 0.879. The Kier molecular flexibility index (Phi) is 4.70. The van der Waals surface area contributed by atoms with E-state index in [1.165, 1.54) is 11.5 Å². The van der Waals surface area contributed by atoms with E-state index in [1.807, 2.05) is 23.6 Å². The van der Waals surface area contributed by atoms with Crippen LogP contribution < -0.4 is 14.8 Å². The molecule has 0 aliphatic carbocycles. The minimum Gasteiger partial charge on any atom is -0.497 e. The molecule has 0 saturated heterocycles. The Morgan fingerprint density at radius 2 is 2.16 bits per heavy atom. The molecule has 1 aromatic carbocycles. The van der Waals surface area contributed by atoms with Crippen LogP contribution in [0, 0.1) is 0 Å². The second-order valence-electron chi connectivity index (χ2n) is 3.93. The Morgan fingerprint density at radius 3 is 2.74 bits per heavy atom. The predicted molar refractivity (Wildman–Crippen MR) is 75.0 cm³/mol. The summed E-state index contributed by atoms with van der Waals surface area (Å²) in [5, 5.41) is 9.49. The lowest BCUT2D eigenvalue weighted by Gasteiger charge is -2.19. The second-order valence-corrected chi connectivity index (χ2v) is 4.54. The van der Waals surface area contributed by atoms with Gasteiger partial charge >= 0.3 is 0 Å². The monoisotopic (exact) mass is 279 g/mol. The summed E-state index contributed by atoms with van der Waals surface area (Å²) in [7, 11) is 3.29. The van der Waals surface area contributed by atoms with Gasteiger partial charge in [0.25, 0.3) is 0 Å². The van der Waals surface area contributed by atoms with Crippen molar-refractivity contribution in [1.29, 1.82) is 0 Å². The first-order chi connectivity index (χ1) is 9.30. The van der Waals surface area contributed by atoms with E-state index in [0.717, 1.165) is 29.3 Å². The lowest BCUT2D eigenvalue weighted by atomic mass is 10.0. The fourth-order valence-electron chi connectivity index (χ4n) is 1.93. The number of nitrogens with zero attached hydrogens (tertiary/aromatic N) is 2. The van der Waals surface area contributed by atoms with E-state index in [1.54, 1.807) is 14.2 Å². The molecule has 0 aliphatic heterocycles. The number of methoxy groups -OCH3 is 2. The maximum absolute atomic E-state index is 5.45. The van der Waals surface area contributed by atoms with E-state index in [4.69, 9.17) is 9.47 Å². The Labute approximate surface area is 116 Å². The predicted octanol–water partition coefficient (Wildman–Crippen LogP) is 2.25. The van der Waals surface area contributed by atoms with Crippen molar-refractivity contribution < 1.29 is 9.47 Å². The van der Waals surface area contributed by atoms with Crippen LogP contribution in [0.2, 0.25) is 0 Å². The van der Waals surface area contributed by atoms with E-state index in [9.17, 15) is 0 Å². The van der Waals surface area contributed by atoms with Crippen LogP contribution in [0.5, 0.6) is 11.5 Å². The molecule has 6 heteroatoms. The maximum atomic E-state index is 5.45. The van der Waals surface area contributed by atoms with Gasteiger partial charge in [-0.15, -0.1) is 5.10 Å². The number of nitrogens with one attached hydrogen (secondary N) is 1. The van der Waals surface area contributed by atoms with Gasteiger partial charge in [0.1, 0.15) is 11.5 Å². The molecule has 19 heavy (non-hydrogen) atoms. The summed E-state index contributed by atoms with van der Waals surface area (Å²) in [6, 6.07) is 5.76. The third kappa shape index (κ3) is 3.02. The van der Waals surface area contributed by atoms with Crippen molar-refractivity contribution in [3.05, 3.63) is 34.8 Å². The second kappa shape index (κ2) is 6.49. The van der Waals surface area contributed by atoms with Crippen molar-refractivity contribution in [1.82, 2.24) is 14.9 Å². The number of benzene rings is 1. The molecule has 1 atom stereocenters. The number of aromatic nitrogens is 2. The van der Waals surface area contributed by atoms with Crippen LogP contribution in [0.25, 0.3) is 0 Å². The lowest BCUT2D eigenvalue weighted by molar-refractivity contribution is 0.387. The fourth-order valence-corrected chi connectivity index (χ4v) is 2.41. The molecule has 0 bridgehead atoms. The molecule has 1 aromatic heterocycles. The molecule has 1 heterocycles. The average Bonchev–Trinajstić information content (AvgIpc) is 2.98. The SMILES string of the molecule is CCNC(c1csnn1)c1ccc(OC)cc1OC. The van der Waals surface area contributed by atoms with Gasteiger partial charge in [-0.05, 0) is 30.2 Å². The van der Waals surface area contributed by atoms with Crippen LogP contribution in [0.15, 0.2) is 23.6 Å². The van der Waals surface area contributed by atoms with Crippen molar-refractivity contribution in [2.45, 2.75) is 13.0 Å². The van der Waals surface area contributed by atoms with Gasteiger partial charge in [-0.3, -0.25) is 0 Å². The third-order valence-electron chi connectivity index (χ3n) is 2.83. The molecule has 0 fully saturated rings. The van der Waals surface area contributed by atoms with Gasteiger partial charge in [0.15, 0.2) is 0 Å². The molecule has 0 saturated carbocycles. The van der Waals surface area contributed by atoms with Gasteiger partial charge in [0.05, 0.1) is 26.0 Å². The summed E-state index contributed by atoms with van der Waals surface area (Å²) in [5.41, 5.74) is 1.92. The van der Waals surface area contributed by atoms with Gasteiger partial charge in [-0.1, -0.05) is 11.4 Å². The number of ether oxygens (including phenoxy) is 2. The largest absolute Gasteiger partial charge is 0.497 e. The fraction of sp³-hybridized carbons (Fsp3) is 0.385. The molecule has 0 amide bonds. The summed E-state index contributed by atoms with van der Waals surface area (Å²) in [4.78, 5) is 0. The first-order valence-corrected chi connectivity index (χ1v) is 6.86. The first-order valence-electron chi connectivity index (χ1n) is 6.02. The number of hydrogen-bond acceptors (Lipinski definition) is 6. The molecule has 102 valence electrons. The average molecular weight is 279 g/mol. The highest BCUT2D eigenvalue weighted by Crippen LogP contribution is 2.32. The van der Waals surface area contributed by atoms with Crippen LogP contribution in [-0.2, 0) is 0 Å². The van der Waals surface area contributed by atoms with E-state index in [2.05, 4.69) is 21.8 Å². The topological polar surface area (TPSA) is 56.3 Å². The van der Waals surface area contributed by atoms with E-state index in [0.29, 0.717) is 0 Å². The van der Waals surface area contributed by atoms with Gasteiger partial charge in [0, 0.05) is 17.0 Å². The summed E-state index contributed by atoms with van der Waals surface area (Å²) in [5.74, 6) is 1.55. The molecule has 1 unspecified atom stereocenters. The van der Waals surface area contributed by atoms with Crippen LogP contribution in [0.3, 0.4) is 0 Å². The Bertz CT molecular complexity index is 517. The highest BCUT2D eigenvalue weighted by Gasteiger charge is 2.20. The first kappa shape index (κ1) is 13.8. The number of hydrogen-bond donors (Lipinski definition) is 1. The van der Waals surface area contributed by atoms with Gasteiger partial charge in [-0.2, -0.15) is 0 Å². The molecule has 1 N–H and O–H groups in total. The van der Waals surface area contributed by atoms with E-state index in [-0.39, 0.29) is 6.04 Å². The third-order valence-corrected chi connectivity index (χ3v) is 3.36. The Balaban J connectivity index is 2.41. The van der Waals surface area contributed by atoms with Crippen LogP contribution in [0.1, 0.15) is 24.2 Å². The molecule has 0 radical (unpaired) electrons. The zero-order valence-corrected chi connectivity index (χ0v) is 12.0. The van der Waals surface area contributed by atoms with Gasteiger partial charge < -0.3 is 14.8 Å². The summed E-state index contributed by atoms with van der Waals surface area (Å²) >= 11 is 1.34. The summed E-state index contributed by atoms with van der Waals surface area (Å²) in [6.45, 7) is 2.89. The molecular weight excluding hydrogens is 262 g/mol. The lowest BCUT2D eigenvalue weighted by Crippen LogP contribution is -2.23. The highest BCUT2D eigenvalue weighted by atomic mass is 32.1. The molecule has 5 nitrogen and oxygen atoms in total. The highest BCUT2D eigenvalue weighted by molar-refractivity contribution is 7.03. The van der Waals surface area contributed by atoms with Gasteiger partial charge in [0.2, 0.25) is 0 Å². The zero-order valence-electron chi connectivity index (χ0n) is 11.2. The van der Waals surface area contributed by atoms with Crippen LogP contribution >= 0.6 is 11.5 Å². The van der Waals surface area contributed by atoms with Crippen molar-refractivity contribution in [3.63, 3.8) is 0 Å². The van der Waals surface area contributed by atoms with E-state index < -0.39 is 0 Å². The van der Waals surface area contributed by atoms with Crippen molar-refractivity contribution >= 4 is 11.5 Å². The maximum Gasteiger partial charge on any atom is 0.127 e. The summed E-state index contributed by atoms with van der Waals surface area (Å²) in [6.07, 6.45) is 0. The van der Waals surface area contributed by atoms with E-state index >= 15 is 0 Å². The minimum atomic E-state index is -0.0235. The van der Waals surface area contributed by atoms with Crippen molar-refractivity contribution in [2.75, 3.05) is 20.8 Å². The van der Waals surface area contributed by atoms with Crippen LogP contribution in [-0.4, -0.2) is 30.4 Å². The molecule has 2 rings (SSSR count). The van der Waals surface area contributed by atoms with Crippen molar-refractivity contribution in [3.8, 4) is 11.5 Å². The Morgan fingerprint density at radius 1 is 1.32 bits per heavy atom. The van der Waals surface area contributed by atoms with Crippen LogP contribution in [0.4, 0.5) is 0 Å². The smallest absolute Gasteiger partial charge is 0.127 e. The minimum absolute atomic E-state index is 0.0235. The van der Waals surface area contributed by atoms with Crippen molar-refractivity contribution in [2.24, 2.45) is 0 Å². The normalized spacial score (nSPS) is 12.2. The Hall–Kier alpha value is -1.66. The zero-order chi connectivity index (χ0) is 13.7. The standard InChI is InChI=1S/C13H17N3O2S/c1-4-14-13(11-8-19-16-15-11)10-6-5-9(17-2)7-12(10)18-3/h5-8,13-14H,4H2,1-3H3. The molecular formula is C13H17N3O2S. The molecule has 0 aliphatic rings.